The largest absolute Gasteiger partial charge is 0.494 e. The molecule has 1 aliphatic rings. The minimum Gasteiger partial charge on any atom is -0.494 e. The van der Waals surface area contributed by atoms with Gasteiger partial charge < -0.3 is 4.74 Å². The predicted octanol–water partition coefficient (Wildman–Crippen LogP) is 4.63. The van der Waals surface area contributed by atoms with Gasteiger partial charge in [0.1, 0.15) is 12.0 Å². The number of hydrogen-bond acceptors (Lipinski definition) is 2. The van der Waals surface area contributed by atoms with E-state index in [0.29, 0.717) is 5.56 Å². The summed E-state index contributed by atoms with van der Waals surface area (Å²) in [6, 6.07) is 7.31. The van der Waals surface area contributed by atoms with E-state index in [0.717, 1.165) is 31.0 Å². The van der Waals surface area contributed by atoms with Gasteiger partial charge in [-0.25, -0.2) is 0 Å². The van der Waals surface area contributed by atoms with Gasteiger partial charge in [-0.05, 0) is 36.6 Å². The molecular weight excluding hydrogens is 236 g/mol. The highest BCUT2D eigenvalue weighted by Crippen LogP contribution is 2.31. The lowest BCUT2D eigenvalue weighted by Gasteiger charge is -2.24. The second-order valence-electron chi connectivity index (χ2n) is 5.54. The summed E-state index contributed by atoms with van der Waals surface area (Å²) in [6.45, 7) is 0.782. The molecule has 2 nitrogen and oxygen atoms in total. The van der Waals surface area contributed by atoms with Crippen LogP contribution in [0.4, 0.5) is 0 Å². The van der Waals surface area contributed by atoms with Gasteiger partial charge in [-0.15, -0.1) is 0 Å². The Hall–Kier alpha value is -1.31. The fourth-order valence-corrected chi connectivity index (χ4v) is 2.50. The van der Waals surface area contributed by atoms with Gasteiger partial charge >= 0.3 is 0 Å². The molecule has 0 N–H and O–H groups in total. The Balaban J connectivity index is 1.47. The molecule has 0 radical (unpaired) electrons. The van der Waals surface area contributed by atoms with Crippen LogP contribution in [0.25, 0.3) is 0 Å². The first-order valence-electron chi connectivity index (χ1n) is 7.56. The van der Waals surface area contributed by atoms with Crippen molar-refractivity contribution in [2.45, 2.75) is 51.4 Å². The van der Waals surface area contributed by atoms with Crippen molar-refractivity contribution < 1.29 is 9.53 Å². The normalized spacial score (nSPS) is 14.9. The molecule has 1 aliphatic carbocycles. The molecule has 0 spiro atoms. The fraction of sp³-hybridized carbons (Fsp3) is 0.588. The molecular formula is C17H24O2. The van der Waals surface area contributed by atoms with Crippen molar-refractivity contribution in [2.75, 3.05) is 6.61 Å². The van der Waals surface area contributed by atoms with E-state index < -0.39 is 0 Å². The van der Waals surface area contributed by atoms with Gasteiger partial charge in [-0.3, -0.25) is 4.79 Å². The maximum absolute atomic E-state index is 10.5. The molecule has 0 amide bonds. The standard InChI is InChI=1S/C17H24O2/c18-14-16-9-11-17(12-10-16)19-13-4-2-1-3-6-15-7-5-8-15/h9-12,14-15H,1-8,13H2. The highest BCUT2D eigenvalue weighted by atomic mass is 16.5. The van der Waals surface area contributed by atoms with Crippen LogP contribution in [-0.4, -0.2) is 12.9 Å². The fourth-order valence-electron chi connectivity index (χ4n) is 2.50. The average Bonchev–Trinajstić information content (AvgIpc) is 2.40. The lowest BCUT2D eigenvalue weighted by molar-refractivity contribution is 0.112. The van der Waals surface area contributed by atoms with Crippen LogP contribution in [-0.2, 0) is 0 Å². The Morgan fingerprint density at radius 1 is 1.05 bits per heavy atom. The Morgan fingerprint density at radius 3 is 2.42 bits per heavy atom. The summed E-state index contributed by atoms with van der Waals surface area (Å²) in [6.07, 6.45) is 11.8. The van der Waals surface area contributed by atoms with Gasteiger partial charge in [0.25, 0.3) is 0 Å². The lowest BCUT2D eigenvalue weighted by Crippen LogP contribution is -2.10. The first kappa shape index (κ1) is 14.1. The summed E-state index contributed by atoms with van der Waals surface area (Å²) in [7, 11) is 0. The Bertz CT molecular complexity index is 365. The maximum atomic E-state index is 10.5. The van der Waals surface area contributed by atoms with Crippen LogP contribution in [0.2, 0.25) is 0 Å². The number of benzene rings is 1. The van der Waals surface area contributed by atoms with Gasteiger partial charge in [-0.2, -0.15) is 0 Å². The van der Waals surface area contributed by atoms with Crippen molar-refractivity contribution in [1.29, 1.82) is 0 Å². The summed E-state index contributed by atoms with van der Waals surface area (Å²) in [4.78, 5) is 10.5. The van der Waals surface area contributed by atoms with Crippen LogP contribution in [0.3, 0.4) is 0 Å². The van der Waals surface area contributed by atoms with E-state index in [4.69, 9.17) is 4.74 Å². The number of aldehydes is 1. The van der Waals surface area contributed by atoms with E-state index in [2.05, 4.69) is 0 Å². The zero-order valence-electron chi connectivity index (χ0n) is 11.6. The third-order valence-corrected chi connectivity index (χ3v) is 4.02. The average molecular weight is 260 g/mol. The molecule has 1 aromatic carbocycles. The van der Waals surface area contributed by atoms with Crippen LogP contribution >= 0.6 is 0 Å². The van der Waals surface area contributed by atoms with Crippen molar-refractivity contribution in [2.24, 2.45) is 5.92 Å². The highest BCUT2D eigenvalue weighted by molar-refractivity contribution is 5.74. The zero-order valence-corrected chi connectivity index (χ0v) is 11.6. The molecule has 0 saturated heterocycles. The molecule has 2 rings (SSSR count). The molecule has 0 aromatic heterocycles. The van der Waals surface area contributed by atoms with Crippen LogP contribution in [0, 0.1) is 5.92 Å². The minimum absolute atomic E-state index is 0.698. The first-order valence-corrected chi connectivity index (χ1v) is 7.56. The SMILES string of the molecule is O=Cc1ccc(OCCCCCCC2CCC2)cc1. The van der Waals surface area contributed by atoms with Gasteiger partial charge in [0, 0.05) is 5.56 Å². The van der Waals surface area contributed by atoms with E-state index in [1.807, 2.05) is 12.1 Å². The summed E-state index contributed by atoms with van der Waals surface area (Å²) in [5.41, 5.74) is 0.698. The second kappa shape index (κ2) is 7.98. The van der Waals surface area contributed by atoms with Gasteiger partial charge in [0.05, 0.1) is 6.61 Å². The van der Waals surface area contributed by atoms with Gasteiger partial charge in [0.2, 0.25) is 0 Å². The van der Waals surface area contributed by atoms with Crippen molar-refractivity contribution in [1.82, 2.24) is 0 Å². The zero-order chi connectivity index (χ0) is 13.3. The van der Waals surface area contributed by atoms with E-state index in [1.165, 1.54) is 44.9 Å². The molecule has 19 heavy (non-hydrogen) atoms. The van der Waals surface area contributed by atoms with E-state index >= 15 is 0 Å². The molecule has 1 saturated carbocycles. The third-order valence-electron chi connectivity index (χ3n) is 4.02. The number of unbranched alkanes of at least 4 members (excludes halogenated alkanes) is 3. The second-order valence-corrected chi connectivity index (χ2v) is 5.54. The summed E-state index contributed by atoms with van der Waals surface area (Å²) in [5.74, 6) is 1.91. The summed E-state index contributed by atoms with van der Waals surface area (Å²) >= 11 is 0. The number of rotatable bonds is 9. The molecule has 0 bridgehead atoms. The Labute approximate surface area is 116 Å². The van der Waals surface area contributed by atoms with Crippen LogP contribution in [0.15, 0.2) is 24.3 Å². The number of ether oxygens (including phenoxy) is 1. The molecule has 0 heterocycles. The molecule has 1 aromatic rings. The summed E-state index contributed by atoms with van der Waals surface area (Å²) < 4.78 is 5.65. The number of carbonyl (C=O) groups is 1. The van der Waals surface area contributed by atoms with Crippen LogP contribution < -0.4 is 4.74 Å². The lowest BCUT2D eigenvalue weighted by atomic mass is 9.82. The van der Waals surface area contributed by atoms with E-state index in [9.17, 15) is 4.79 Å². The molecule has 104 valence electrons. The maximum Gasteiger partial charge on any atom is 0.150 e. The first-order chi connectivity index (χ1) is 9.38. The van der Waals surface area contributed by atoms with E-state index in [-0.39, 0.29) is 0 Å². The molecule has 0 atom stereocenters. The van der Waals surface area contributed by atoms with Gasteiger partial charge in [0.15, 0.2) is 0 Å². The molecule has 1 fully saturated rings. The monoisotopic (exact) mass is 260 g/mol. The van der Waals surface area contributed by atoms with Crippen LogP contribution in [0.1, 0.15) is 61.7 Å². The van der Waals surface area contributed by atoms with E-state index in [1.54, 1.807) is 12.1 Å². The molecule has 2 heteroatoms. The number of carbonyl (C=O) groups excluding carboxylic acids is 1. The summed E-state index contributed by atoms with van der Waals surface area (Å²) in [5, 5.41) is 0. The topological polar surface area (TPSA) is 26.3 Å². The number of hydrogen-bond donors (Lipinski definition) is 0. The van der Waals surface area contributed by atoms with Crippen molar-refractivity contribution >= 4 is 6.29 Å². The predicted molar refractivity (Wildman–Crippen MR) is 77.8 cm³/mol. The Morgan fingerprint density at radius 2 is 1.79 bits per heavy atom. The molecule has 0 aliphatic heterocycles. The smallest absolute Gasteiger partial charge is 0.150 e. The molecule has 0 unspecified atom stereocenters. The Kier molecular flexibility index (Phi) is 5.93. The quantitative estimate of drug-likeness (QED) is 0.478. The van der Waals surface area contributed by atoms with Crippen molar-refractivity contribution in [3.8, 4) is 5.75 Å². The van der Waals surface area contributed by atoms with Crippen LogP contribution in [0.5, 0.6) is 5.75 Å². The van der Waals surface area contributed by atoms with Crippen molar-refractivity contribution in [3.05, 3.63) is 29.8 Å². The van der Waals surface area contributed by atoms with Gasteiger partial charge in [-0.1, -0.05) is 44.9 Å². The minimum atomic E-state index is 0.698. The third kappa shape index (κ3) is 5.06. The van der Waals surface area contributed by atoms with Crippen molar-refractivity contribution in [3.63, 3.8) is 0 Å². The highest BCUT2D eigenvalue weighted by Gasteiger charge is 2.15.